The Labute approximate surface area is 123 Å². The van der Waals surface area contributed by atoms with E-state index < -0.39 is 0 Å². The molecule has 0 bridgehead atoms. The number of ether oxygens (including phenoxy) is 2. The predicted molar refractivity (Wildman–Crippen MR) is 79.6 cm³/mol. The predicted octanol–water partition coefficient (Wildman–Crippen LogP) is 2.12. The minimum atomic E-state index is 0.152. The van der Waals surface area contributed by atoms with E-state index in [-0.39, 0.29) is 6.10 Å². The van der Waals surface area contributed by atoms with Crippen molar-refractivity contribution in [1.29, 1.82) is 0 Å². The lowest BCUT2D eigenvalue weighted by Crippen LogP contribution is -2.26. The summed E-state index contributed by atoms with van der Waals surface area (Å²) in [6.45, 7) is 4.25. The Balaban J connectivity index is 1.73. The molecule has 1 saturated heterocycles. The number of hydrogen-bond acceptors (Lipinski definition) is 6. The maximum Gasteiger partial charge on any atom is 0.245 e. The first-order valence-electron chi connectivity index (χ1n) is 7.56. The lowest BCUT2D eigenvalue weighted by atomic mass is 10.1. The lowest BCUT2D eigenvalue weighted by molar-refractivity contribution is -0.0116. The number of H-pyrrole nitrogens is 1. The molecule has 0 spiro atoms. The number of aromatic nitrogens is 4. The van der Waals surface area contributed by atoms with Crippen LogP contribution in [0.25, 0.3) is 11.2 Å². The van der Waals surface area contributed by atoms with E-state index in [1.807, 2.05) is 0 Å². The number of hydrogen-bond donors (Lipinski definition) is 2. The van der Waals surface area contributed by atoms with Crippen molar-refractivity contribution in [3.8, 4) is 5.88 Å². The lowest BCUT2D eigenvalue weighted by Gasteiger charge is -2.22. The van der Waals surface area contributed by atoms with Crippen molar-refractivity contribution >= 4 is 17.1 Å². The Morgan fingerprint density at radius 3 is 3.19 bits per heavy atom. The molecular weight excluding hydrogens is 270 g/mol. The summed E-state index contributed by atoms with van der Waals surface area (Å²) in [5.41, 5.74) is 1.34. The highest BCUT2D eigenvalue weighted by molar-refractivity contribution is 5.76. The minimum Gasteiger partial charge on any atom is -0.473 e. The van der Waals surface area contributed by atoms with Crippen molar-refractivity contribution < 1.29 is 9.47 Å². The Morgan fingerprint density at radius 2 is 2.38 bits per heavy atom. The van der Waals surface area contributed by atoms with Gasteiger partial charge in [-0.3, -0.25) is 0 Å². The fraction of sp³-hybridized carbons (Fsp3) is 0.643. The van der Waals surface area contributed by atoms with Gasteiger partial charge in [0.25, 0.3) is 0 Å². The van der Waals surface area contributed by atoms with Crippen molar-refractivity contribution in [3.05, 3.63) is 6.33 Å². The van der Waals surface area contributed by atoms with E-state index >= 15 is 0 Å². The highest BCUT2D eigenvalue weighted by atomic mass is 16.5. The van der Waals surface area contributed by atoms with Gasteiger partial charge in [0.2, 0.25) is 11.8 Å². The average molecular weight is 291 g/mol. The normalized spacial score (nSPS) is 18.8. The molecule has 114 valence electrons. The molecule has 1 fully saturated rings. The molecule has 1 unspecified atom stereocenters. The van der Waals surface area contributed by atoms with Crippen molar-refractivity contribution in [2.75, 3.05) is 25.1 Å². The quantitative estimate of drug-likeness (QED) is 0.848. The molecular formula is C14H21N5O2. The number of nitrogens with zero attached hydrogens (tertiary/aromatic N) is 3. The summed E-state index contributed by atoms with van der Waals surface area (Å²) in [4.78, 5) is 16.0. The van der Waals surface area contributed by atoms with Crippen LogP contribution in [0.4, 0.5) is 5.95 Å². The molecule has 0 saturated carbocycles. The topological polar surface area (TPSA) is 85.0 Å². The molecule has 7 nitrogen and oxygen atoms in total. The van der Waals surface area contributed by atoms with Crippen LogP contribution in [0.1, 0.15) is 32.6 Å². The summed E-state index contributed by atoms with van der Waals surface area (Å²) in [5.74, 6) is 1.08. The maximum absolute atomic E-state index is 5.85. The van der Waals surface area contributed by atoms with Crippen LogP contribution < -0.4 is 10.1 Å². The monoisotopic (exact) mass is 291 g/mol. The zero-order valence-corrected chi connectivity index (χ0v) is 12.3. The van der Waals surface area contributed by atoms with Gasteiger partial charge >= 0.3 is 0 Å². The van der Waals surface area contributed by atoms with Gasteiger partial charge in [-0.25, -0.2) is 4.98 Å². The number of anilines is 1. The van der Waals surface area contributed by atoms with Crippen molar-refractivity contribution in [2.45, 2.75) is 38.7 Å². The Bertz CT molecular complexity index is 580. The van der Waals surface area contributed by atoms with Crippen LogP contribution >= 0.6 is 0 Å². The number of fused-ring (bicyclic) bond motifs is 1. The molecule has 0 aromatic carbocycles. The third-order valence-corrected chi connectivity index (χ3v) is 3.47. The van der Waals surface area contributed by atoms with Crippen LogP contribution in [-0.4, -0.2) is 45.8 Å². The molecule has 3 rings (SSSR count). The molecule has 2 aromatic heterocycles. The molecule has 0 radical (unpaired) electrons. The third-order valence-electron chi connectivity index (χ3n) is 3.47. The second-order valence-corrected chi connectivity index (χ2v) is 5.18. The second-order valence-electron chi connectivity index (χ2n) is 5.18. The SMILES string of the molecule is CCCNc1nc(OCC2CCCCO2)c2[nH]cnc2n1. The van der Waals surface area contributed by atoms with Gasteiger partial charge in [0, 0.05) is 13.2 Å². The van der Waals surface area contributed by atoms with Gasteiger partial charge in [0.1, 0.15) is 12.1 Å². The van der Waals surface area contributed by atoms with Crippen LogP contribution in [0.5, 0.6) is 5.88 Å². The van der Waals surface area contributed by atoms with E-state index in [9.17, 15) is 0 Å². The molecule has 21 heavy (non-hydrogen) atoms. The first-order chi connectivity index (χ1) is 10.4. The summed E-state index contributed by atoms with van der Waals surface area (Å²) in [7, 11) is 0. The van der Waals surface area contributed by atoms with Crippen molar-refractivity contribution in [3.63, 3.8) is 0 Å². The summed E-state index contributed by atoms with van der Waals surface area (Å²) in [6.07, 6.45) is 6.14. The standard InChI is InChI=1S/C14H21N5O2/c1-2-6-15-14-18-12-11(16-9-17-12)13(19-14)21-8-10-5-3-4-7-20-10/h9-10H,2-8H2,1H3,(H2,15,16,17,18,19). The van der Waals surface area contributed by atoms with Crippen molar-refractivity contribution in [1.82, 2.24) is 19.9 Å². The molecule has 1 aliphatic rings. The van der Waals surface area contributed by atoms with E-state index in [1.54, 1.807) is 6.33 Å². The molecule has 1 aliphatic heterocycles. The first-order valence-corrected chi connectivity index (χ1v) is 7.56. The van der Waals surface area contributed by atoms with Gasteiger partial charge in [-0.15, -0.1) is 0 Å². The fourth-order valence-electron chi connectivity index (χ4n) is 2.34. The number of aromatic amines is 1. The highest BCUT2D eigenvalue weighted by Crippen LogP contribution is 2.22. The summed E-state index contributed by atoms with van der Waals surface area (Å²) in [6, 6.07) is 0. The van der Waals surface area contributed by atoms with E-state index in [1.165, 1.54) is 6.42 Å². The van der Waals surface area contributed by atoms with E-state index in [4.69, 9.17) is 9.47 Å². The van der Waals surface area contributed by atoms with Crippen LogP contribution in [0.2, 0.25) is 0 Å². The van der Waals surface area contributed by atoms with Gasteiger partial charge in [-0.1, -0.05) is 6.92 Å². The van der Waals surface area contributed by atoms with Gasteiger partial charge in [-0.05, 0) is 25.7 Å². The summed E-state index contributed by atoms with van der Waals surface area (Å²) >= 11 is 0. The van der Waals surface area contributed by atoms with Crippen LogP contribution in [0.3, 0.4) is 0 Å². The Morgan fingerprint density at radius 1 is 1.43 bits per heavy atom. The Hall–Kier alpha value is -1.89. The van der Waals surface area contributed by atoms with E-state index in [0.29, 0.717) is 24.1 Å². The number of rotatable bonds is 6. The molecule has 2 aromatic rings. The number of nitrogens with one attached hydrogen (secondary N) is 2. The fourth-order valence-corrected chi connectivity index (χ4v) is 2.34. The first kappa shape index (κ1) is 14.1. The van der Waals surface area contributed by atoms with Gasteiger partial charge in [-0.2, -0.15) is 9.97 Å². The maximum atomic E-state index is 5.85. The second kappa shape index (κ2) is 6.71. The van der Waals surface area contributed by atoms with Crippen LogP contribution in [0.15, 0.2) is 6.33 Å². The molecule has 3 heterocycles. The smallest absolute Gasteiger partial charge is 0.245 e. The van der Waals surface area contributed by atoms with Gasteiger partial charge in [0.05, 0.1) is 12.4 Å². The van der Waals surface area contributed by atoms with Crippen molar-refractivity contribution in [2.24, 2.45) is 0 Å². The third kappa shape index (κ3) is 3.41. The van der Waals surface area contributed by atoms with Gasteiger partial charge < -0.3 is 19.8 Å². The highest BCUT2D eigenvalue weighted by Gasteiger charge is 2.17. The van der Waals surface area contributed by atoms with Crippen LogP contribution in [-0.2, 0) is 4.74 Å². The zero-order valence-electron chi connectivity index (χ0n) is 12.3. The Kier molecular flexibility index (Phi) is 4.49. The molecule has 2 N–H and O–H groups in total. The van der Waals surface area contributed by atoms with E-state index in [0.717, 1.165) is 37.9 Å². The molecule has 0 aliphatic carbocycles. The summed E-state index contributed by atoms with van der Waals surface area (Å²) < 4.78 is 11.5. The van der Waals surface area contributed by atoms with E-state index in [2.05, 4.69) is 32.2 Å². The minimum absolute atomic E-state index is 0.152. The molecule has 7 heteroatoms. The molecule has 0 amide bonds. The van der Waals surface area contributed by atoms with Gasteiger partial charge in [0.15, 0.2) is 5.65 Å². The summed E-state index contributed by atoms with van der Waals surface area (Å²) in [5, 5.41) is 3.17. The molecule has 1 atom stereocenters. The average Bonchev–Trinajstić information content (AvgIpc) is 3.00. The largest absolute Gasteiger partial charge is 0.473 e. The zero-order chi connectivity index (χ0) is 14.5. The van der Waals surface area contributed by atoms with Crippen LogP contribution in [0, 0.1) is 0 Å². The number of imidazole rings is 1.